The minimum absolute atomic E-state index is 0.154. The van der Waals surface area contributed by atoms with Crippen molar-refractivity contribution in [1.82, 2.24) is 14.6 Å². The Morgan fingerprint density at radius 2 is 2.41 bits per heavy atom. The SMILES string of the molecule is OCC1CCCN1c1cc(Cl)nc2ccnn12. The van der Waals surface area contributed by atoms with E-state index in [1.807, 2.05) is 6.07 Å². The number of halogens is 1. The maximum atomic E-state index is 9.37. The van der Waals surface area contributed by atoms with Gasteiger partial charge in [-0.15, -0.1) is 0 Å². The van der Waals surface area contributed by atoms with Crippen LogP contribution in [-0.2, 0) is 0 Å². The quantitative estimate of drug-likeness (QED) is 0.820. The Bertz CT molecular complexity index is 541. The predicted octanol–water partition coefficient (Wildman–Crippen LogP) is 1.34. The van der Waals surface area contributed by atoms with Crippen LogP contribution in [0.3, 0.4) is 0 Å². The summed E-state index contributed by atoms with van der Waals surface area (Å²) in [5.41, 5.74) is 0.732. The van der Waals surface area contributed by atoms with Gasteiger partial charge in [0.15, 0.2) is 5.65 Å². The number of aliphatic hydroxyl groups is 1. The Labute approximate surface area is 104 Å². The van der Waals surface area contributed by atoms with Crippen LogP contribution >= 0.6 is 11.6 Å². The van der Waals surface area contributed by atoms with Crippen molar-refractivity contribution in [1.29, 1.82) is 0 Å². The first-order valence-corrected chi connectivity index (χ1v) is 6.05. The van der Waals surface area contributed by atoms with Crippen LogP contribution in [0.1, 0.15) is 12.8 Å². The van der Waals surface area contributed by atoms with Gasteiger partial charge in [-0.1, -0.05) is 11.6 Å². The van der Waals surface area contributed by atoms with E-state index in [1.54, 1.807) is 16.8 Å². The molecule has 1 N–H and O–H groups in total. The summed E-state index contributed by atoms with van der Waals surface area (Å²) in [4.78, 5) is 6.34. The number of aromatic nitrogens is 3. The number of anilines is 1. The van der Waals surface area contributed by atoms with E-state index in [0.717, 1.165) is 30.9 Å². The van der Waals surface area contributed by atoms with Crippen LogP contribution in [0, 0.1) is 0 Å². The average Bonchev–Trinajstić information content (AvgIpc) is 2.95. The molecular weight excluding hydrogens is 240 g/mol. The van der Waals surface area contributed by atoms with E-state index >= 15 is 0 Å². The molecule has 0 amide bonds. The van der Waals surface area contributed by atoms with E-state index < -0.39 is 0 Å². The molecule has 1 saturated heterocycles. The highest BCUT2D eigenvalue weighted by molar-refractivity contribution is 6.29. The standard InChI is InChI=1S/C11H13ClN4O/c12-9-6-11(15-5-1-2-8(15)7-17)16-10(14-9)3-4-13-16/h3-4,6,8,17H,1-2,5,7H2. The van der Waals surface area contributed by atoms with Crippen LogP contribution in [0.25, 0.3) is 5.65 Å². The van der Waals surface area contributed by atoms with Gasteiger partial charge in [0.2, 0.25) is 0 Å². The fourth-order valence-electron chi connectivity index (χ4n) is 2.40. The van der Waals surface area contributed by atoms with E-state index in [9.17, 15) is 5.11 Å². The van der Waals surface area contributed by atoms with Gasteiger partial charge in [-0.2, -0.15) is 9.61 Å². The molecule has 0 spiro atoms. The van der Waals surface area contributed by atoms with Gasteiger partial charge in [-0.25, -0.2) is 4.98 Å². The maximum Gasteiger partial charge on any atom is 0.159 e. The molecule has 0 radical (unpaired) electrons. The first-order chi connectivity index (χ1) is 8.29. The van der Waals surface area contributed by atoms with Gasteiger partial charge >= 0.3 is 0 Å². The zero-order chi connectivity index (χ0) is 11.8. The van der Waals surface area contributed by atoms with Crippen LogP contribution < -0.4 is 4.90 Å². The smallest absolute Gasteiger partial charge is 0.159 e. The monoisotopic (exact) mass is 252 g/mol. The Balaban J connectivity index is 2.12. The zero-order valence-electron chi connectivity index (χ0n) is 9.25. The second kappa shape index (κ2) is 4.16. The lowest BCUT2D eigenvalue weighted by Gasteiger charge is -2.25. The molecule has 6 heteroatoms. The molecule has 2 aromatic heterocycles. The van der Waals surface area contributed by atoms with Gasteiger partial charge in [0.1, 0.15) is 11.0 Å². The molecule has 90 valence electrons. The van der Waals surface area contributed by atoms with Gasteiger partial charge in [0, 0.05) is 18.7 Å². The minimum Gasteiger partial charge on any atom is -0.394 e. The number of fused-ring (bicyclic) bond motifs is 1. The summed E-state index contributed by atoms with van der Waals surface area (Å²) in [6.45, 7) is 1.07. The number of nitrogens with zero attached hydrogens (tertiary/aromatic N) is 4. The summed E-state index contributed by atoms with van der Waals surface area (Å²) < 4.78 is 1.76. The molecule has 1 atom stereocenters. The third-order valence-electron chi connectivity index (χ3n) is 3.19. The normalized spacial score (nSPS) is 20.4. The summed E-state index contributed by atoms with van der Waals surface area (Å²) >= 11 is 6.01. The number of hydrogen-bond acceptors (Lipinski definition) is 4. The van der Waals surface area contributed by atoms with Crippen LogP contribution in [0.5, 0.6) is 0 Å². The summed E-state index contributed by atoms with van der Waals surface area (Å²) in [5, 5.41) is 14.1. The molecule has 0 bridgehead atoms. The molecular formula is C11H13ClN4O. The molecule has 1 unspecified atom stereocenters. The Hall–Kier alpha value is -1.33. The Kier molecular flexibility index (Phi) is 2.64. The van der Waals surface area contributed by atoms with Crippen LogP contribution in [0.2, 0.25) is 5.15 Å². The second-order valence-electron chi connectivity index (χ2n) is 4.21. The van der Waals surface area contributed by atoms with E-state index in [-0.39, 0.29) is 12.6 Å². The highest BCUT2D eigenvalue weighted by atomic mass is 35.5. The Morgan fingerprint density at radius 3 is 3.24 bits per heavy atom. The molecule has 17 heavy (non-hydrogen) atoms. The summed E-state index contributed by atoms with van der Waals surface area (Å²) in [5.74, 6) is 0.904. The van der Waals surface area contributed by atoms with Crippen molar-refractivity contribution < 1.29 is 5.11 Å². The molecule has 3 heterocycles. The van der Waals surface area contributed by atoms with Crippen LogP contribution in [0.15, 0.2) is 18.3 Å². The first-order valence-electron chi connectivity index (χ1n) is 5.67. The molecule has 3 rings (SSSR count). The fourth-order valence-corrected chi connectivity index (χ4v) is 2.58. The lowest BCUT2D eigenvalue weighted by molar-refractivity contribution is 0.265. The van der Waals surface area contributed by atoms with Crippen molar-refractivity contribution >= 4 is 23.1 Å². The van der Waals surface area contributed by atoms with Gasteiger partial charge < -0.3 is 10.0 Å². The van der Waals surface area contributed by atoms with Gasteiger partial charge in [-0.05, 0) is 12.8 Å². The molecule has 1 fully saturated rings. The lowest BCUT2D eigenvalue weighted by Crippen LogP contribution is -2.33. The van der Waals surface area contributed by atoms with Crippen molar-refractivity contribution in [2.75, 3.05) is 18.1 Å². The maximum absolute atomic E-state index is 9.37. The van der Waals surface area contributed by atoms with Crippen molar-refractivity contribution in [3.63, 3.8) is 0 Å². The molecule has 0 aromatic carbocycles. The average molecular weight is 253 g/mol. The van der Waals surface area contributed by atoms with Crippen LogP contribution in [-0.4, -0.2) is 38.9 Å². The van der Waals surface area contributed by atoms with Gasteiger partial charge in [0.05, 0.1) is 18.8 Å². The third kappa shape index (κ3) is 1.75. The summed E-state index contributed by atoms with van der Waals surface area (Å²) in [7, 11) is 0. The number of rotatable bonds is 2. The van der Waals surface area contributed by atoms with E-state index in [1.165, 1.54) is 0 Å². The number of hydrogen-bond donors (Lipinski definition) is 1. The highest BCUT2D eigenvalue weighted by Crippen LogP contribution is 2.27. The van der Waals surface area contributed by atoms with Crippen molar-refractivity contribution in [2.24, 2.45) is 0 Å². The zero-order valence-corrected chi connectivity index (χ0v) is 10.0. The number of aliphatic hydroxyl groups excluding tert-OH is 1. The largest absolute Gasteiger partial charge is 0.394 e. The van der Waals surface area contributed by atoms with E-state index in [2.05, 4.69) is 15.0 Å². The molecule has 5 nitrogen and oxygen atoms in total. The second-order valence-corrected chi connectivity index (χ2v) is 4.60. The fraction of sp³-hybridized carbons (Fsp3) is 0.455. The highest BCUT2D eigenvalue weighted by Gasteiger charge is 2.26. The van der Waals surface area contributed by atoms with Gasteiger partial charge in [-0.3, -0.25) is 0 Å². The third-order valence-corrected chi connectivity index (χ3v) is 3.39. The van der Waals surface area contributed by atoms with E-state index in [4.69, 9.17) is 11.6 Å². The van der Waals surface area contributed by atoms with Crippen molar-refractivity contribution in [3.05, 3.63) is 23.5 Å². The van der Waals surface area contributed by atoms with Gasteiger partial charge in [0.25, 0.3) is 0 Å². The lowest BCUT2D eigenvalue weighted by atomic mass is 10.2. The topological polar surface area (TPSA) is 53.7 Å². The summed E-state index contributed by atoms with van der Waals surface area (Å²) in [6, 6.07) is 3.77. The first kappa shape index (κ1) is 10.8. The Morgan fingerprint density at radius 1 is 1.53 bits per heavy atom. The summed E-state index contributed by atoms with van der Waals surface area (Å²) in [6.07, 6.45) is 3.78. The van der Waals surface area contributed by atoms with E-state index in [0.29, 0.717) is 5.15 Å². The molecule has 1 aliphatic heterocycles. The molecule has 2 aromatic rings. The molecule has 0 aliphatic carbocycles. The van der Waals surface area contributed by atoms with Crippen LogP contribution in [0.4, 0.5) is 5.82 Å². The van der Waals surface area contributed by atoms with Crippen molar-refractivity contribution in [2.45, 2.75) is 18.9 Å². The molecule has 0 saturated carbocycles. The van der Waals surface area contributed by atoms with Crippen molar-refractivity contribution in [3.8, 4) is 0 Å². The predicted molar refractivity (Wildman–Crippen MR) is 65.5 cm³/mol. The molecule has 1 aliphatic rings. The minimum atomic E-state index is 0.154.